The third kappa shape index (κ3) is 8.21. The Labute approximate surface area is 211 Å². The van der Waals surface area contributed by atoms with Crippen LogP contribution in [-0.4, -0.2) is 78.5 Å². The van der Waals surface area contributed by atoms with E-state index in [0.29, 0.717) is 25.8 Å². The van der Waals surface area contributed by atoms with E-state index in [1.165, 1.54) is 0 Å². The van der Waals surface area contributed by atoms with Crippen LogP contribution in [-0.2, 0) is 20.8 Å². The lowest BCUT2D eigenvalue weighted by molar-refractivity contribution is -0.185. The highest BCUT2D eigenvalue weighted by molar-refractivity contribution is 5.90. The van der Waals surface area contributed by atoms with Crippen LogP contribution in [0.3, 0.4) is 0 Å². The molecule has 36 heavy (non-hydrogen) atoms. The van der Waals surface area contributed by atoms with Crippen LogP contribution in [0.1, 0.15) is 52.5 Å². The van der Waals surface area contributed by atoms with Crippen molar-refractivity contribution < 1.29 is 27.6 Å². The molecule has 1 aliphatic heterocycles. The van der Waals surface area contributed by atoms with Crippen LogP contribution in [0.5, 0.6) is 0 Å². The number of likely N-dealkylation sites (N-methyl/N-ethyl adjacent to an activating group) is 1. The van der Waals surface area contributed by atoms with E-state index >= 15 is 0 Å². The lowest BCUT2D eigenvalue weighted by Gasteiger charge is -2.37. The molecule has 2 N–H and O–H groups in total. The van der Waals surface area contributed by atoms with Crippen molar-refractivity contribution >= 4 is 17.7 Å². The molecule has 1 aromatic rings. The number of carbonyl (C=O) groups excluding carboxylic acids is 3. The number of nitrogens with zero attached hydrogens (tertiary/aromatic N) is 2. The lowest BCUT2D eigenvalue weighted by Crippen LogP contribution is -2.58. The SMILES string of the molecule is CN[C@@H](C)C(=O)N[C@H](C(=O)N1CCC[C@H]1CCN(CCc1ccccc1)C(=O)C(F)(F)F)C(C)(C)C. The third-order valence-corrected chi connectivity index (χ3v) is 6.66. The van der Waals surface area contributed by atoms with Gasteiger partial charge in [-0.05, 0) is 50.6 Å². The number of amides is 3. The Morgan fingerprint density at radius 2 is 1.75 bits per heavy atom. The minimum atomic E-state index is -4.96. The molecule has 10 heteroatoms. The smallest absolute Gasteiger partial charge is 0.342 e. The lowest BCUT2D eigenvalue weighted by atomic mass is 9.85. The van der Waals surface area contributed by atoms with E-state index in [4.69, 9.17) is 0 Å². The molecule has 0 spiro atoms. The number of likely N-dealkylation sites (tertiary alicyclic amines) is 1. The van der Waals surface area contributed by atoms with Crippen molar-refractivity contribution in [1.29, 1.82) is 0 Å². The molecule has 0 radical (unpaired) electrons. The van der Waals surface area contributed by atoms with Crippen LogP contribution in [0, 0.1) is 5.41 Å². The molecule has 1 saturated heterocycles. The van der Waals surface area contributed by atoms with Gasteiger partial charge in [0, 0.05) is 25.7 Å². The van der Waals surface area contributed by atoms with E-state index in [9.17, 15) is 27.6 Å². The largest absolute Gasteiger partial charge is 0.471 e. The molecule has 7 nitrogen and oxygen atoms in total. The fraction of sp³-hybridized carbons (Fsp3) is 0.654. The molecule has 202 valence electrons. The second-order valence-electron chi connectivity index (χ2n) is 10.5. The summed E-state index contributed by atoms with van der Waals surface area (Å²) in [5, 5.41) is 5.69. The molecule has 0 aliphatic carbocycles. The average Bonchev–Trinajstić information content (AvgIpc) is 3.29. The van der Waals surface area contributed by atoms with E-state index in [1.807, 2.05) is 39.0 Å². The number of halogens is 3. The van der Waals surface area contributed by atoms with Gasteiger partial charge < -0.3 is 20.4 Å². The van der Waals surface area contributed by atoms with Crippen molar-refractivity contribution in [2.24, 2.45) is 5.41 Å². The summed E-state index contributed by atoms with van der Waals surface area (Å²) >= 11 is 0. The van der Waals surface area contributed by atoms with E-state index in [-0.39, 0.29) is 37.4 Å². The molecule has 0 bridgehead atoms. The van der Waals surface area contributed by atoms with Gasteiger partial charge in [-0.15, -0.1) is 0 Å². The number of alkyl halides is 3. The van der Waals surface area contributed by atoms with Crippen LogP contribution < -0.4 is 10.6 Å². The van der Waals surface area contributed by atoms with E-state index < -0.39 is 29.6 Å². The van der Waals surface area contributed by atoms with Gasteiger partial charge in [0.2, 0.25) is 11.8 Å². The Kier molecular flexibility index (Phi) is 10.3. The first-order chi connectivity index (χ1) is 16.8. The number of carbonyl (C=O) groups is 3. The second kappa shape index (κ2) is 12.6. The standard InChI is InChI=1S/C26H39F3N4O3/c1-18(30-5)22(34)31-21(25(2,3)4)23(35)33-15-9-12-20(33)14-17-32(24(36)26(27,28)29)16-13-19-10-7-6-8-11-19/h6-8,10-11,18,20-21,30H,9,12-17H2,1-5H3,(H,31,34)/t18-,20-,21+/m0/s1. The summed E-state index contributed by atoms with van der Waals surface area (Å²) in [6.45, 7) is 7.56. The Morgan fingerprint density at radius 3 is 2.31 bits per heavy atom. The topological polar surface area (TPSA) is 81.8 Å². The van der Waals surface area contributed by atoms with Gasteiger partial charge in [-0.1, -0.05) is 51.1 Å². The summed E-state index contributed by atoms with van der Waals surface area (Å²) in [7, 11) is 1.65. The first-order valence-electron chi connectivity index (χ1n) is 12.4. The fourth-order valence-electron chi connectivity index (χ4n) is 4.35. The van der Waals surface area contributed by atoms with Gasteiger partial charge in [0.25, 0.3) is 0 Å². The Hall–Kier alpha value is -2.62. The summed E-state index contributed by atoms with van der Waals surface area (Å²) in [4.78, 5) is 40.7. The predicted molar refractivity (Wildman–Crippen MR) is 132 cm³/mol. The molecular weight excluding hydrogens is 473 g/mol. The highest BCUT2D eigenvalue weighted by Gasteiger charge is 2.43. The minimum Gasteiger partial charge on any atom is -0.342 e. The van der Waals surface area contributed by atoms with Crippen LogP contribution in [0.25, 0.3) is 0 Å². The molecule has 0 aromatic heterocycles. The van der Waals surface area contributed by atoms with Crippen molar-refractivity contribution in [1.82, 2.24) is 20.4 Å². The van der Waals surface area contributed by atoms with Crippen LogP contribution in [0.2, 0.25) is 0 Å². The van der Waals surface area contributed by atoms with Crippen molar-refractivity contribution in [3.05, 3.63) is 35.9 Å². The highest BCUT2D eigenvalue weighted by Crippen LogP contribution is 2.28. The molecule has 1 aromatic carbocycles. The van der Waals surface area contributed by atoms with Gasteiger partial charge in [-0.3, -0.25) is 14.4 Å². The monoisotopic (exact) mass is 512 g/mol. The van der Waals surface area contributed by atoms with Crippen molar-refractivity contribution in [2.75, 3.05) is 26.7 Å². The fourth-order valence-corrected chi connectivity index (χ4v) is 4.35. The Bertz CT molecular complexity index is 887. The first kappa shape index (κ1) is 29.6. The normalized spacial score (nSPS) is 18.0. The van der Waals surface area contributed by atoms with Crippen molar-refractivity contribution in [2.45, 2.75) is 77.7 Å². The Morgan fingerprint density at radius 1 is 1.11 bits per heavy atom. The van der Waals surface area contributed by atoms with Crippen molar-refractivity contribution in [3.63, 3.8) is 0 Å². The molecule has 0 unspecified atom stereocenters. The van der Waals surface area contributed by atoms with E-state index in [0.717, 1.165) is 10.5 Å². The number of benzene rings is 1. The van der Waals surface area contributed by atoms with Gasteiger partial charge in [0.1, 0.15) is 6.04 Å². The van der Waals surface area contributed by atoms with Gasteiger partial charge in [-0.2, -0.15) is 13.2 Å². The van der Waals surface area contributed by atoms with Gasteiger partial charge in [0.05, 0.1) is 6.04 Å². The maximum Gasteiger partial charge on any atom is 0.471 e. The summed E-state index contributed by atoms with van der Waals surface area (Å²) in [5.41, 5.74) is 0.274. The van der Waals surface area contributed by atoms with Gasteiger partial charge >= 0.3 is 12.1 Å². The van der Waals surface area contributed by atoms with Crippen molar-refractivity contribution in [3.8, 4) is 0 Å². The van der Waals surface area contributed by atoms with Crippen LogP contribution >= 0.6 is 0 Å². The van der Waals surface area contributed by atoms with E-state index in [1.54, 1.807) is 31.0 Å². The van der Waals surface area contributed by atoms with Crippen LogP contribution in [0.4, 0.5) is 13.2 Å². The van der Waals surface area contributed by atoms with Gasteiger partial charge in [0.15, 0.2) is 0 Å². The molecule has 1 aliphatic rings. The quantitative estimate of drug-likeness (QED) is 0.505. The number of nitrogens with one attached hydrogen (secondary N) is 2. The zero-order valence-electron chi connectivity index (χ0n) is 21.8. The maximum absolute atomic E-state index is 13.5. The summed E-state index contributed by atoms with van der Waals surface area (Å²) in [5.74, 6) is -2.42. The number of rotatable bonds is 10. The zero-order chi connectivity index (χ0) is 27.1. The zero-order valence-corrected chi connectivity index (χ0v) is 21.8. The van der Waals surface area contributed by atoms with Gasteiger partial charge in [-0.25, -0.2) is 0 Å². The molecule has 0 saturated carbocycles. The third-order valence-electron chi connectivity index (χ3n) is 6.66. The highest BCUT2D eigenvalue weighted by atomic mass is 19.4. The average molecular weight is 513 g/mol. The van der Waals surface area contributed by atoms with Crippen LogP contribution in [0.15, 0.2) is 30.3 Å². The molecule has 1 fully saturated rings. The second-order valence-corrected chi connectivity index (χ2v) is 10.5. The predicted octanol–water partition coefficient (Wildman–Crippen LogP) is 3.14. The number of hydrogen-bond acceptors (Lipinski definition) is 4. The summed E-state index contributed by atoms with van der Waals surface area (Å²) < 4.78 is 39.8. The van der Waals surface area contributed by atoms with E-state index in [2.05, 4.69) is 10.6 Å². The summed E-state index contributed by atoms with van der Waals surface area (Å²) in [6, 6.07) is 7.47. The molecule has 3 atom stereocenters. The molecular formula is C26H39F3N4O3. The molecule has 2 rings (SSSR count). The Balaban J connectivity index is 2.12. The number of hydrogen-bond donors (Lipinski definition) is 2. The molecule has 1 heterocycles. The maximum atomic E-state index is 13.5. The first-order valence-corrected chi connectivity index (χ1v) is 12.4. The minimum absolute atomic E-state index is 0.0639. The summed E-state index contributed by atoms with van der Waals surface area (Å²) in [6.07, 6.45) is -3.08. The molecule has 3 amide bonds.